The number of oxazole rings is 1. The largest absolute Gasteiger partial charge is 0.482 e. The maximum absolute atomic E-state index is 12.3. The van der Waals surface area contributed by atoms with E-state index in [9.17, 15) is 4.79 Å². The molecule has 0 unspecified atom stereocenters. The molecule has 0 fully saturated rings. The van der Waals surface area contributed by atoms with E-state index < -0.39 is 0 Å². The molecule has 8 heteroatoms. The van der Waals surface area contributed by atoms with Crippen molar-refractivity contribution in [2.75, 3.05) is 11.9 Å². The quantitative estimate of drug-likeness (QED) is 0.453. The molecule has 6 nitrogen and oxygen atoms in total. The molecule has 4 rings (SSSR count). The Morgan fingerprint density at radius 1 is 1.17 bits per heavy atom. The number of ether oxygens (including phenoxy) is 1. The molecule has 2 aromatic carbocycles. The van der Waals surface area contributed by atoms with Crippen LogP contribution in [0.1, 0.15) is 5.56 Å². The van der Waals surface area contributed by atoms with Crippen molar-refractivity contribution in [2.24, 2.45) is 0 Å². The average Bonchev–Trinajstić information content (AvgIpc) is 3.11. The number of pyridine rings is 1. The van der Waals surface area contributed by atoms with E-state index in [0.29, 0.717) is 38.6 Å². The van der Waals surface area contributed by atoms with Crippen LogP contribution < -0.4 is 10.1 Å². The van der Waals surface area contributed by atoms with Crippen LogP contribution in [0, 0.1) is 6.92 Å². The number of aryl methyl sites for hydroxylation is 1. The number of aromatic nitrogens is 2. The van der Waals surface area contributed by atoms with E-state index in [1.54, 1.807) is 48.7 Å². The fourth-order valence-corrected chi connectivity index (χ4v) is 3.48. The number of hydrogen-bond donors (Lipinski definition) is 1. The molecular weight excluding hydrogens is 413 g/mol. The molecule has 0 saturated carbocycles. The molecule has 146 valence electrons. The van der Waals surface area contributed by atoms with Crippen LogP contribution in [-0.2, 0) is 4.79 Å². The Balaban J connectivity index is 1.46. The maximum atomic E-state index is 12.3. The third-order valence-corrected chi connectivity index (χ3v) is 4.60. The van der Waals surface area contributed by atoms with Crippen LogP contribution in [0.15, 0.2) is 59.1 Å². The molecule has 1 amide bonds. The van der Waals surface area contributed by atoms with Gasteiger partial charge in [0, 0.05) is 22.5 Å². The molecule has 2 heterocycles. The summed E-state index contributed by atoms with van der Waals surface area (Å²) in [6.07, 6.45) is 1.65. The number of halogens is 2. The number of hydrogen-bond acceptors (Lipinski definition) is 5. The average molecular weight is 428 g/mol. The number of rotatable bonds is 5. The lowest BCUT2D eigenvalue weighted by Crippen LogP contribution is -2.20. The van der Waals surface area contributed by atoms with Gasteiger partial charge in [-0.05, 0) is 55.0 Å². The van der Waals surface area contributed by atoms with Crippen molar-refractivity contribution in [1.82, 2.24) is 9.97 Å². The van der Waals surface area contributed by atoms with E-state index in [1.807, 2.05) is 13.0 Å². The summed E-state index contributed by atoms with van der Waals surface area (Å²) < 4.78 is 11.3. The van der Waals surface area contributed by atoms with Crippen LogP contribution >= 0.6 is 23.2 Å². The third-order valence-electron chi connectivity index (χ3n) is 4.10. The van der Waals surface area contributed by atoms with Gasteiger partial charge in [-0.3, -0.25) is 4.79 Å². The van der Waals surface area contributed by atoms with Gasteiger partial charge in [-0.15, -0.1) is 0 Å². The van der Waals surface area contributed by atoms with Gasteiger partial charge in [0.25, 0.3) is 5.91 Å². The summed E-state index contributed by atoms with van der Waals surface area (Å²) in [6.45, 7) is 1.61. The SMILES string of the molecule is Cc1cc(Cl)cc(Cl)c1OCC(=O)Nc1cccc(-c2nc3ncccc3o2)c1. The summed E-state index contributed by atoms with van der Waals surface area (Å²) in [5, 5.41) is 3.65. The first-order valence-electron chi connectivity index (χ1n) is 8.70. The van der Waals surface area contributed by atoms with Crippen LogP contribution in [0.4, 0.5) is 5.69 Å². The fraction of sp³-hybridized carbons (Fsp3) is 0.0952. The number of amides is 1. The molecule has 29 heavy (non-hydrogen) atoms. The highest BCUT2D eigenvalue weighted by molar-refractivity contribution is 6.35. The van der Waals surface area contributed by atoms with Crippen molar-refractivity contribution in [1.29, 1.82) is 0 Å². The second-order valence-electron chi connectivity index (χ2n) is 6.30. The van der Waals surface area contributed by atoms with E-state index in [1.165, 1.54) is 0 Å². The predicted molar refractivity (Wildman–Crippen MR) is 113 cm³/mol. The van der Waals surface area contributed by atoms with Gasteiger partial charge < -0.3 is 14.5 Å². The normalized spacial score (nSPS) is 10.9. The molecule has 0 aliphatic carbocycles. The van der Waals surface area contributed by atoms with Gasteiger partial charge in [0.1, 0.15) is 5.75 Å². The van der Waals surface area contributed by atoms with Crippen LogP contribution in [0.2, 0.25) is 10.0 Å². The minimum absolute atomic E-state index is 0.195. The summed E-state index contributed by atoms with van der Waals surface area (Å²) in [5.41, 5.74) is 3.19. The molecule has 0 bridgehead atoms. The second-order valence-corrected chi connectivity index (χ2v) is 7.14. The van der Waals surface area contributed by atoms with Crippen LogP contribution in [0.25, 0.3) is 22.7 Å². The lowest BCUT2D eigenvalue weighted by atomic mass is 10.2. The van der Waals surface area contributed by atoms with Gasteiger partial charge in [0.2, 0.25) is 5.89 Å². The number of nitrogens with one attached hydrogen (secondary N) is 1. The smallest absolute Gasteiger partial charge is 0.262 e. The highest BCUT2D eigenvalue weighted by atomic mass is 35.5. The standard InChI is InChI=1S/C21H15Cl2N3O3/c1-12-8-14(22)10-16(23)19(12)28-11-18(27)25-15-5-2-4-13(9-15)21-26-20-17(29-21)6-3-7-24-20/h2-10H,11H2,1H3,(H,25,27). The Morgan fingerprint density at radius 2 is 2.03 bits per heavy atom. The molecule has 0 saturated heterocycles. The maximum Gasteiger partial charge on any atom is 0.262 e. The zero-order valence-corrected chi connectivity index (χ0v) is 16.8. The molecule has 0 radical (unpaired) electrons. The van der Waals surface area contributed by atoms with Gasteiger partial charge in [0.15, 0.2) is 17.8 Å². The number of fused-ring (bicyclic) bond motifs is 1. The number of anilines is 1. The lowest BCUT2D eigenvalue weighted by molar-refractivity contribution is -0.118. The van der Waals surface area contributed by atoms with Crippen LogP contribution in [0.3, 0.4) is 0 Å². The monoisotopic (exact) mass is 427 g/mol. The van der Waals surface area contributed by atoms with Gasteiger partial charge in [-0.25, -0.2) is 4.98 Å². The van der Waals surface area contributed by atoms with Gasteiger partial charge in [-0.2, -0.15) is 4.98 Å². The fourth-order valence-electron chi connectivity index (χ4n) is 2.83. The van der Waals surface area contributed by atoms with Crippen LogP contribution in [-0.4, -0.2) is 22.5 Å². The van der Waals surface area contributed by atoms with Gasteiger partial charge in [0.05, 0.1) is 5.02 Å². The second kappa shape index (κ2) is 8.11. The summed E-state index contributed by atoms with van der Waals surface area (Å²) in [4.78, 5) is 20.8. The minimum Gasteiger partial charge on any atom is -0.482 e. The van der Waals surface area contributed by atoms with Gasteiger partial charge >= 0.3 is 0 Å². The molecule has 0 aliphatic rings. The molecule has 0 aliphatic heterocycles. The summed E-state index contributed by atoms with van der Waals surface area (Å²) in [6, 6.07) is 14.0. The van der Waals surface area contributed by atoms with Crippen LogP contribution in [0.5, 0.6) is 5.75 Å². The topological polar surface area (TPSA) is 77.2 Å². The Hall–Kier alpha value is -3.09. The highest BCUT2D eigenvalue weighted by Crippen LogP contribution is 2.32. The summed E-state index contributed by atoms with van der Waals surface area (Å²) in [7, 11) is 0. The van der Waals surface area contributed by atoms with Crippen molar-refractivity contribution in [3.63, 3.8) is 0 Å². The first kappa shape index (κ1) is 19.2. The summed E-state index contributed by atoms with van der Waals surface area (Å²) in [5.74, 6) is 0.528. The Labute approximate surface area is 176 Å². The first-order valence-corrected chi connectivity index (χ1v) is 9.45. The summed E-state index contributed by atoms with van der Waals surface area (Å²) >= 11 is 12.1. The van der Waals surface area contributed by atoms with Gasteiger partial charge in [-0.1, -0.05) is 29.3 Å². The highest BCUT2D eigenvalue weighted by Gasteiger charge is 2.12. The van der Waals surface area contributed by atoms with Crippen molar-refractivity contribution >= 4 is 46.0 Å². The van der Waals surface area contributed by atoms with E-state index in [2.05, 4.69) is 15.3 Å². The van der Waals surface area contributed by atoms with Crippen molar-refractivity contribution in [3.05, 3.63) is 70.3 Å². The van der Waals surface area contributed by atoms with Crippen molar-refractivity contribution in [3.8, 4) is 17.2 Å². The molecule has 2 aromatic heterocycles. The number of benzene rings is 2. The van der Waals surface area contributed by atoms with E-state index in [0.717, 1.165) is 11.1 Å². The van der Waals surface area contributed by atoms with E-state index >= 15 is 0 Å². The predicted octanol–water partition coefficient (Wildman–Crippen LogP) is 5.52. The zero-order chi connectivity index (χ0) is 20.4. The third kappa shape index (κ3) is 4.34. The number of carbonyl (C=O) groups is 1. The van der Waals surface area contributed by atoms with E-state index in [4.69, 9.17) is 32.4 Å². The van der Waals surface area contributed by atoms with E-state index in [-0.39, 0.29) is 12.5 Å². The number of nitrogens with zero attached hydrogens (tertiary/aromatic N) is 2. The molecule has 4 aromatic rings. The molecular formula is C21H15Cl2N3O3. The van der Waals surface area contributed by atoms with Crippen molar-refractivity contribution in [2.45, 2.75) is 6.92 Å². The Morgan fingerprint density at radius 3 is 2.83 bits per heavy atom. The number of carbonyl (C=O) groups excluding carboxylic acids is 1. The lowest BCUT2D eigenvalue weighted by Gasteiger charge is -2.12. The molecule has 0 atom stereocenters. The Kier molecular flexibility index (Phi) is 5.38. The first-order chi connectivity index (χ1) is 14.0. The Bertz CT molecular complexity index is 1150. The minimum atomic E-state index is -0.327. The molecule has 0 spiro atoms. The van der Waals surface area contributed by atoms with Crippen molar-refractivity contribution < 1.29 is 13.9 Å². The zero-order valence-electron chi connectivity index (χ0n) is 15.3. The molecule has 1 N–H and O–H groups in total.